The maximum absolute atomic E-state index is 13.2. The molecular formula is C23H39F3. The van der Waals surface area contributed by atoms with Gasteiger partial charge in [0.15, 0.2) is 0 Å². The van der Waals surface area contributed by atoms with Crippen molar-refractivity contribution in [3.05, 3.63) is 12.2 Å². The Morgan fingerprint density at radius 1 is 0.846 bits per heavy atom. The number of unbranched alkanes of at least 4 members (excludes halogenated alkanes) is 3. The molecule has 2 saturated carbocycles. The molecule has 1 unspecified atom stereocenters. The average Bonchev–Trinajstić information content (AvgIpc) is 2.64. The second-order valence-electron chi connectivity index (χ2n) is 8.82. The van der Waals surface area contributed by atoms with Crippen molar-refractivity contribution in [2.45, 2.75) is 109 Å². The smallest absolute Gasteiger partial charge is 0.171 e. The summed E-state index contributed by atoms with van der Waals surface area (Å²) in [7, 11) is 0. The Morgan fingerprint density at radius 3 is 2.12 bits per heavy atom. The molecule has 0 saturated heterocycles. The van der Waals surface area contributed by atoms with E-state index >= 15 is 0 Å². The van der Waals surface area contributed by atoms with E-state index in [4.69, 9.17) is 0 Å². The highest BCUT2D eigenvalue weighted by atomic mass is 19.4. The molecule has 0 aliphatic heterocycles. The second-order valence-corrected chi connectivity index (χ2v) is 8.82. The lowest BCUT2D eigenvalue weighted by atomic mass is 9.71. The van der Waals surface area contributed by atoms with Crippen LogP contribution in [0.15, 0.2) is 12.2 Å². The van der Waals surface area contributed by atoms with Gasteiger partial charge >= 0.3 is 6.18 Å². The van der Waals surface area contributed by atoms with Crippen LogP contribution in [0.5, 0.6) is 0 Å². The molecule has 0 radical (unpaired) electrons. The molecule has 1 atom stereocenters. The Labute approximate surface area is 159 Å². The van der Waals surface area contributed by atoms with Gasteiger partial charge in [-0.2, -0.15) is 13.2 Å². The maximum Gasteiger partial charge on any atom is 0.392 e. The van der Waals surface area contributed by atoms with Crippen molar-refractivity contribution in [1.29, 1.82) is 0 Å². The zero-order valence-electron chi connectivity index (χ0n) is 16.7. The van der Waals surface area contributed by atoms with Crippen molar-refractivity contribution < 1.29 is 13.2 Å². The van der Waals surface area contributed by atoms with Gasteiger partial charge in [-0.1, -0.05) is 76.9 Å². The number of hydrogen-bond acceptors (Lipinski definition) is 0. The van der Waals surface area contributed by atoms with E-state index in [2.05, 4.69) is 13.0 Å². The van der Waals surface area contributed by atoms with Crippen LogP contribution in [0, 0.1) is 23.7 Å². The first kappa shape index (κ1) is 21.8. The highest BCUT2D eigenvalue weighted by Crippen LogP contribution is 2.40. The van der Waals surface area contributed by atoms with E-state index in [-0.39, 0.29) is 6.42 Å². The lowest BCUT2D eigenvalue weighted by molar-refractivity contribution is -0.175. The molecule has 0 aromatic heterocycles. The van der Waals surface area contributed by atoms with Crippen LogP contribution in [-0.2, 0) is 0 Å². The summed E-state index contributed by atoms with van der Waals surface area (Å²) >= 11 is 0. The van der Waals surface area contributed by atoms with E-state index < -0.39 is 12.1 Å². The molecule has 2 aliphatic rings. The van der Waals surface area contributed by atoms with E-state index in [0.717, 1.165) is 31.1 Å². The first-order valence-electron chi connectivity index (χ1n) is 11.2. The summed E-state index contributed by atoms with van der Waals surface area (Å²) < 4.78 is 39.7. The third-order valence-corrected chi connectivity index (χ3v) is 6.83. The van der Waals surface area contributed by atoms with Crippen LogP contribution in [-0.4, -0.2) is 6.18 Å². The number of halogens is 3. The summed E-state index contributed by atoms with van der Waals surface area (Å²) in [5.41, 5.74) is 0. The zero-order valence-corrected chi connectivity index (χ0v) is 16.7. The monoisotopic (exact) mass is 372 g/mol. The van der Waals surface area contributed by atoms with Gasteiger partial charge in [-0.15, -0.1) is 0 Å². The molecule has 2 aliphatic carbocycles. The quantitative estimate of drug-likeness (QED) is 0.281. The number of hydrogen-bond donors (Lipinski definition) is 0. The summed E-state index contributed by atoms with van der Waals surface area (Å²) in [4.78, 5) is 0. The first-order chi connectivity index (χ1) is 12.5. The van der Waals surface area contributed by atoms with Crippen molar-refractivity contribution in [3.8, 4) is 0 Å². The molecule has 0 aromatic rings. The van der Waals surface area contributed by atoms with Gasteiger partial charge in [-0.3, -0.25) is 0 Å². The molecular weight excluding hydrogens is 333 g/mol. The van der Waals surface area contributed by atoms with Crippen LogP contribution < -0.4 is 0 Å². The lowest BCUT2D eigenvalue weighted by Crippen LogP contribution is -2.23. The van der Waals surface area contributed by atoms with Gasteiger partial charge in [0.1, 0.15) is 0 Å². The summed E-state index contributed by atoms with van der Waals surface area (Å²) in [5, 5.41) is 0. The second kappa shape index (κ2) is 11.4. The molecule has 0 N–H and O–H groups in total. The molecule has 0 aromatic carbocycles. The fourth-order valence-corrected chi connectivity index (χ4v) is 5.08. The molecule has 0 amide bonds. The molecule has 0 nitrogen and oxygen atoms in total. The van der Waals surface area contributed by atoms with Gasteiger partial charge in [-0.05, 0) is 56.3 Å². The summed E-state index contributed by atoms with van der Waals surface area (Å²) in [6, 6.07) is 0. The molecule has 0 heterocycles. The fraction of sp³-hybridized carbons (Fsp3) is 0.913. The maximum atomic E-state index is 13.2. The van der Waals surface area contributed by atoms with Crippen LogP contribution in [0.2, 0.25) is 0 Å². The molecule has 2 fully saturated rings. The van der Waals surface area contributed by atoms with Gasteiger partial charge < -0.3 is 0 Å². The SMILES string of the molecule is CCCCCCC(CC=C[C@H]1CC[C@H](C2CCCCC2)CC1)C(F)(F)F. The minimum Gasteiger partial charge on any atom is -0.171 e. The average molecular weight is 373 g/mol. The molecule has 0 spiro atoms. The number of alkyl halides is 3. The van der Waals surface area contributed by atoms with E-state index in [1.807, 2.05) is 6.08 Å². The first-order valence-corrected chi connectivity index (χ1v) is 11.2. The van der Waals surface area contributed by atoms with E-state index in [9.17, 15) is 13.2 Å². The van der Waals surface area contributed by atoms with Gasteiger partial charge in [0, 0.05) is 0 Å². The van der Waals surface area contributed by atoms with Crippen LogP contribution >= 0.6 is 0 Å². The Balaban J connectivity index is 1.70. The Hall–Kier alpha value is -0.470. The minimum atomic E-state index is -4.05. The van der Waals surface area contributed by atoms with Crippen molar-refractivity contribution in [1.82, 2.24) is 0 Å². The standard InChI is InChI=1S/C23H39F3/c1-2-3-4-8-13-22(23(24,25)26)14-9-10-19-15-17-21(18-16-19)20-11-6-5-7-12-20/h9-10,19-22H,2-8,11-18H2,1H3/t19-,21-,22?. The molecule has 2 rings (SSSR count). The van der Waals surface area contributed by atoms with Crippen molar-refractivity contribution in [2.75, 3.05) is 0 Å². The van der Waals surface area contributed by atoms with E-state index in [1.165, 1.54) is 57.8 Å². The topological polar surface area (TPSA) is 0 Å². The van der Waals surface area contributed by atoms with Gasteiger partial charge in [-0.25, -0.2) is 0 Å². The third kappa shape index (κ3) is 7.64. The zero-order chi connectivity index (χ0) is 18.8. The summed E-state index contributed by atoms with van der Waals surface area (Å²) in [5.74, 6) is 1.20. The predicted octanol–water partition coefficient (Wildman–Crippen LogP) is 8.47. The van der Waals surface area contributed by atoms with E-state index in [1.54, 1.807) is 0 Å². The molecule has 0 bridgehead atoms. The van der Waals surface area contributed by atoms with E-state index in [0.29, 0.717) is 18.8 Å². The largest absolute Gasteiger partial charge is 0.392 e. The predicted molar refractivity (Wildman–Crippen MR) is 104 cm³/mol. The Bertz CT molecular complexity index is 385. The van der Waals surface area contributed by atoms with Crippen molar-refractivity contribution >= 4 is 0 Å². The van der Waals surface area contributed by atoms with Crippen LogP contribution in [0.3, 0.4) is 0 Å². The highest BCUT2D eigenvalue weighted by molar-refractivity contribution is 4.94. The van der Waals surface area contributed by atoms with Crippen molar-refractivity contribution in [2.24, 2.45) is 23.7 Å². The molecule has 26 heavy (non-hydrogen) atoms. The molecule has 3 heteroatoms. The fourth-order valence-electron chi connectivity index (χ4n) is 5.08. The van der Waals surface area contributed by atoms with Crippen LogP contribution in [0.4, 0.5) is 13.2 Å². The minimum absolute atomic E-state index is 0.179. The Kier molecular flexibility index (Phi) is 9.56. The summed E-state index contributed by atoms with van der Waals surface area (Å²) in [6.07, 6.45) is 16.1. The number of rotatable bonds is 9. The molecule has 152 valence electrons. The summed E-state index contributed by atoms with van der Waals surface area (Å²) in [6.45, 7) is 2.09. The lowest BCUT2D eigenvalue weighted by Gasteiger charge is -2.35. The van der Waals surface area contributed by atoms with Gasteiger partial charge in [0.2, 0.25) is 0 Å². The van der Waals surface area contributed by atoms with Gasteiger partial charge in [0.05, 0.1) is 5.92 Å². The van der Waals surface area contributed by atoms with Crippen molar-refractivity contribution in [3.63, 3.8) is 0 Å². The highest BCUT2D eigenvalue weighted by Gasteiger charge is 2.38. The van der Waals surface area contributed by atoms with Gasteiger partial charge in [0.25, 0.3) is 0 Å². The Morgan fingerprint density at radius 2 is 1.50 bits per heavy atom. The third-order valence-electron chi connectivity index (χ3n) is 6.83. The number of allylic oxidation sites excluding steroid dienone is 2. The van der Waals surface area contributed by atoms with Crippen LogP contribution in [0.25, 0.3) is 0 Å². The van der Waals surface area contributed by atoms with Crippen LogP contribution in [0.1, 0.15) is 103 Å². The normalized spacial score (nSPS) is 27.1.